The minimum atomic E-state index is -0.439. The topological polar surface area (TPSA) is 43.1 Å². The molecule has 0 fully saturated rings. The molecule has 1 aromatic rings. The fourth-order valence-corrected chi connectivity index (χ4v) is 1.42. The number of nitro groups is 1. The van der Waals surface area contributed by atoms with Crippen LogP contribution in [0.3, 0.4) is 0 Å². The highest BCUT2D eigenvalue weighted by molar-refractivity contribution is 5.37. The zero-order valence-corrected chi connectivity index (χ0v) is 5.86. The molecule has 1 unspecified atom stereocenters. The van der Waals surface area contributed by atoms with Gasteiger partial charge in [0.15, 0.2) is 0 Å². The molecule has 1 aliphatic rings. The van der Waals surface area contributed by atoms with E-state index in [4.69, 9.17) is 0 Å². The molecule has 0 aliphatic heterocycles. The number of nitrogens with zero attached hydrogens (tertiary/aromatic N) is 1. The fourth-order valence-electron chi connectivity index (χ4n) is 1.42. The van der Waals surface area contributed by atoms with Gasteiger partial charge in [-0.25, -0.2) is 0 Å². The quantitative estimate of drug-likeness (QED) is 0.449. The summed E-state index contributed by atoms with van der Waals surface area (Å²) in [5.74, 6) is 0. The number of benzene rings is 1. The van der Waals surface area contributed by atoms with Crippen molar-refractivity contribution >= 4 is 0 Å². The van der Waals surface area contributed by atoms with Crippen LogP contribution in [0, 0.1) is 10.1 Å². The van der Waals surface area contributed by atoms with E-state index >= 15 is 0 Å². The Balaban J connectivity index is 2.36. The SMILES string of the molecule is O=[N+]([O-])C1Cc2ccccc21. The zero-order valence-electron chi connectivity index (χ0n) is 5.86. The van der Waals surface area contributed by atoms with Crippen LogP contribution in [-0.2, 0) is 6.42 Å². The molecule has 0 N–H and O–H groups in total. The van der Waals surface area contributed by atoms with Crippen molar-refractivity contribution in [2.24, 2.45) is 0 Å². The van der Waals surface area contributed by atoms with Crippen LogP contribution in [0.2, 0.25) is 0 Å². The molecule has 1 aliphatic carbocycles. The molecule has 0 heterocycles. The molecule has 3 nitrogen and oxygen atoms in total. The van der Waals surface area contributed by atoms with Crippen molar-refractivity contribution < 1.29 is 4.92 Å². The van der Waals surface area contributed by atoms with E-state index in [1.165, 1.54) is 0 Å². The van der Waals surface area contributed by atoms with Gasteiger partial charge in [0.25, 0.3) is 0 Å². The molecule has 0 saturated carbocycles. The molecular weight excluding hydrogens is 142 g/mol. The normalized spacial score (nSPS) is 20.2. The van der Waals surface area contributed by atoms with E-state index in [-0.39, 0.29) is 4.92 Å². The van der Waals surface area contributed by atoms with E-state index in [9.17, 15) is 10.1 Å². The molecule has 2 rings (SSSR count). The second-order valence-electron chi connectivity index (χ2n) is 2.70. The predicted octanol–water partition coefficient (Wildman–Crippen LogP) is 1.56. The van der Waals surface area contributed by atoms with Crippen LogP contribution in [0.5, 0.6) is 0 Å². The Kier molecular flexibility index (Phi) is 1.18. The summed E-state index contributed by atoms with van der Waals surface area (Å²) in [6, 6.07) is 7.08. The minimum Gasteiger partial charge on any atom is -0.264 e. The largest absolute Gasteiger partial charge is 0.264 e. The van der Waals surface area contributed by atoms with E-state index in [1.54, 1.807) is 0 Å². The van der Waals surface area contributed by atoms with Crippen LogP contribution in [0.25, 0.3) is 0 Å². The molecule has 0 aromatic heterocycles. The molecule has 0 saturated heterocycles. The van der Waals surface area contributed by atoms with E-state index in [2.05, 4.69) is 0 Å². The first kappa shape index (κ1) is 6.34. The average Bonchev–Trinajstić information content (AvgIpc) is 1.90. The van der Waals surface area contributed by atoms with Crippen LogP contribution in [-0.4, -0.2) is 4.92 Å². The third-order valence-corrected chi connectivity index (χ3v) is 2.08. The van der Waals surface area contributed by atoms with Gasteiger partial charge in [0.05, 0.1) is 0 Å². The second kappa shape index (κ2) is 2.05. The number of fused-ring (bicyclic) bond motifs is 1. The van der Waals surface area contributed by atoms with Crippen LogP contribution < -0.4 is 0 Å². The Morgan fingerprint density at radius 2 is 2.18 bits per heavy atom. The fraction of sp³-hybridized carbons (Fsp3) is 0.250. The highest BCUT2D eigenvalue weighted by Gasteiger charge is 2.34. The van der Waals surface area contributed by atoms with Crippen molar-refractivity contribution in [1.82, 2.24) is 0 Å². The lowest BCUT2D eigenvalue weighted by atomic mass is 9.84. The molecule has 0 spiro atoms. The summed E-state index contributed by atoms with van der Waals surface area (Å²) in [5.41, 5.74) is 2.01. The molecular formula is C8H7NO2. The molecule has 1 atom stereocenters. The van der Waals surface area contributed by atoms with Gasteiger partial charge in [-0.15, -0.1) is 0 Å². The lowest BCUT2D eigenvalue weighted by Crippen LogP contribution is -2.23. The van der Waals surface area contributed by atoms with Gasteiger partial charge in [-0.3, -0.25) is 10.1 Å². The Morgan fingerprint density at radius 3 is 2.82 bits per heavy atom. The molecule has 11 heavy (non-hydrogen) atoms. The van der Waals surface area contributed by atoms with E-state index < -0.39 is 6.04 Å². The standard InChI is InChI=1S/C8H7NO2/c10-9(11)8-5-6-3-1-2-4-7(6)8/h1-4,8H,5H2. The zero-order chi connectivity index (χ0) is 7.84. The maximum Gasteiger partial charge on any atom is 0.242 e. The number of hydrogen-bond acceptors (Lipinski definition) is 2. The smallest absolute Gasteiger partial charge is 0.242 e. The van der Waals surface area contributed by atoms with E-state index in [0.29, 0.717) is 6.42 Å². The first-order chi connectivity index (χ1) is 5.29. The maximum atomic E-state index is 10.3. The van der Waals surface area contributed by atoms with Crippen molar-refractivity contribution in [3.63, 3.8) is 0 Å². The molecule has 0 amide bonds. The van der Waals surface area contributed by atoms with E-state index in [0.717, 1.165) is 11.1 Å². The highest BCUT2D eigenvalue weighted by atomic mass is 16.6. The van der Waals surface area contributed by atoms with Gasteiger partial charge < -0.3 is 0 Å². The summed E-state index contributed by atoms with van der Waals surface area (Å²) in [5, 5.41) is 10.3. The summed E-state index contributed by atoms with van der Waals surface area (Å²) in [6.07, 6.45) is 0.600. The molecule has 1 aromatic carbocycles. The Bertz CT molecular complexity index is 309. The van der Waals surface area contributed by atoms with Gasteiger partial charge in [0, 0.05) is 16.9 Å². The minimum absolute atomic E-state index is 0.220. The Labute approximate surface area is 63.8 Å². The van der Waals surface area contributed by atoms with Gasteiger partial charge in [0.1, 0.15) is 0 Å². The van der Waals surface area contributed by atoms with Gasteiger partial charge in [-0.1, -0.05) is 24.3 Å². The molecule has 0 radical (unpaired) electrons. The summed E-state index contributed by atoms with van der Waals surface area (Å²) in [4.78, 5) is 10.1. The Morgan fingerprint density at radius 1 is 1.45 bits per heavy atom. The summed E-state index contributed by atoms with van der Waals surface area (Å²) >= 11 is 0. The van der Waals surface area contributed by atoms with Gasteiger partial charge in [-0.2, -0.15) is 0 Å². The second-order valence-corrected chi connectivity index (χ2v) is 2.70. The summed E-state index contributed by atoms with van der Waals surface area (Å²) in [6.45, 7) is 0. The van der Waals surface area contributed by atoms with Crippen molar-refractivity contribution in [3.05, 3.63) is 45.5 Å². The Hall–Kier alpha value is -1.38. The summed E-state index contributed by atoms with van der Waals surface area (Å²) in [7, 11) is 0. The monoisotopic (exact) mass is 149 g/mol. The highest BCUT2D eigenvalue weighted by Crippen LogP contribution is 2.34. The van der Waals surface area contributed by atoms with Crippen LogP contribution in [0.15, 0.2) is 24.3 Å². The van der Waals surface area contributed by atoms with Crippen molar-refractivity contribution in [1.29, 1.82) is 0 Å². The third-order valence-electron chi connectivity index (χ3n) is 2.08. The maximum absolute atomic E-state index is 10.3. The molecule has 0 bridgehead atoms. The first-order valence-electron chi connectivity index (χ1n) is 3.50. The summed E-state index contributed by atoms with van der Waals surface area (Å²) < 4.78 is 0. The van der Waals surface area contributed by atoms with Crippen molar-refractivity contribution in [3.8, 4) is 0 Å². The van der Waals surface area contributed by atoms with Crippen LogP contribution in [0.4, 0.5) is 0 Å². The van der Waals surface area contributed by atoms with Crippen molar-refractivity contribution in [2.75, 3.05) is 0 Å². The van der Waals surface area contributed by atoms with Gasteiger partial charge >= 0.3 is 0 Å². The van der Waals surface area contributed by atoms with E-state index in [1.807, 2.05) is 24.3 Å². The lowest BCUT2D eigenvalue weighted by Gasteiger charge is -2.22. The van der Waals surface area contributed by atoms with Crippen molar-refractivity contribution in [2.45, 2.75) is 12.5 Å². The average molecular weight is 149 g/mol. The number of rotatable bonds is 1. The predicted molar refractivity (Wildman–Crippen MR) is 39.9 cm³/mol. The molecule has 56 valence electrons. The van der Waals surface area contributed by atoms with Crippen LogP contribution >= 0.6 is 0 Å². The molecule has 3 heteroatoms. The number of hydrogen-bond donors (Lipinski definition) is 0. The lowest BCUT2D eigenvalue weighted by molar-refractivity contribution is -0.534. The first-order valence-corrected chi connectivity index (χ1v) is 3.50. The van der Waals surface area contributed by atoms with Crippen LogP contribution in [0.1, 0.15) is 17.2 Å². The third kappa shape index (κ3) is 0.808. The van der Waals surface area contributed by atoms with Gasteiger partial charge in [0.2, 0.25) is 6.04 Å². The van der Waals surface area contributed by atoms with Gasteiger partial charge in [-0.05, 0) is 5.56 Å².